The zero-order valence-electron chi connectivity index (χ0n) is 12.9. The average molecular weight is 293 g/mol. The van der Waals surface area contributed by atoms with Crippen molar-refractivity contribution < 1.29 is 0 Å². The molecule has 1 aromatic heterocycles. The summed E-state index contributed by atoms with van der Waals surface area (Å²) in [7, 11) is 0. The van der Waals surface area contributed by atoms with Gasteiger partial charge >= 0.3 is 0 Å². The highest BCUT2D eigenvalue weighted by atomic mass is 32.1. The molecule has 0 aliphatic carbocycles. The van der Waals surface area contributed by atoms with Crippen LogP contribution >= 0.6 is 11.3 Å². The highest BCUT2D eigenvalue weighted by molar-refractivity contribution is 7.11. The van der Waals surface area contributed by atoms with Crippen molar-refractivity contribution in [2.45, 2.75) is 77.0 Å². The molecule has 2 bridgehead atoms. The minimum Gasteiger partial charge on any atom is -0.314 e. The fraction of sp³-hybridized carbons (Fsp3) is 0.812. The van der Waals surface area contributed by atoms with Gasteiger partial charge in [0.2, 0.25) is 0 Å². The topological polar surface area (TPSA) is 28.2 Å². The van der Waals surface area contributed by atoms with Crippen LogP contribution in [0.25, 0.3) is 0 Å². The summed E-state index contributed by atoms with van der Waals surface area (Å²) in [4.78, 5) is 8.75. The summed E-state index contributed by atoms with van der Waals surface area (Å²) in [6, 6.07) is 2.74. The van der Waals surface area contributed by atoms with Crippen LogP contribution in [0.1, 0.15) is 61.9 Å². The Morgan fingerprint density at radius 3 is 2.65 bits per heavy atom. The molecule has 0 spiro atoms. The third-order valence-electron chi connectivity index (χ3n) is 4.97. The lowest BCUT2D eigenvalue weighted by Crippen LogP contribution is -2.56. The number of aryl methyl sites for hydroxylation is 1. The molecule has 1 aromatic rings. The van der Waals surface area contributed by atoms with Gasteiger partial charge in [-0.3, -0.25) is 4.90 Å². The Labute approximate surface area is 126 Å². The summed E-state index contributed by atoms with van der Waals surface area (Å²) in [5.74, 6) is 0. The van der Waals surface area contributed by atoms with Gasteiger partial charge in [-0.25, -0.2) is 4.98 Å². The van der Waals surface area contributed by atoms with Crippen LogP contribution in [0.5, 0.6) is 0 Å². The van der Waals surface area contributed by atoms with Crippen molar-refractivity contribution in [3.63, 3.8) is 0 Å². The van der Waals surface area contributed by atoms with E-state index in [2.05, 4.69) is 36.0 Å². The molecule has 0 aromatic carbocycles. The van der Waals surface area contributed by atoms with Crippen LogP contribution in [0.4, 0.5) is 0 Å². The SMILES string of the molecule is CCNC1CC2CCCC(C1)N2C(C)c1ncc(C)s1. The molecule has 4 heteroatoms. The molecular formula is C16H27N3S. The van der Waals surface area contributed by atoms with E-state index in [1.165, 1.54) is 42.0 Å². The Bertz CT molecular complexity index is 431. The number of hydrogen-bond donors (Lipinski definition) is 1. The van der Waals surface area contributed by atoms with Crippen molar-refractivity contribution in [3.8, 4) is 0 Å². The fourth-order valence-electron chi connectivity index (χ4n) is 4.20. The first-order valence-electron chi connectivity index (χ1n) is 8.12. The molecular weight excluding hydrogens is 266 g/mol. The van der Waals surface area contributed by atoms with Crippen LogP contribution < -0.4 is 5.32 Å². The second kappa shape index (κ2) is 6.12. The lowest BCUT2D eigenvalue weighted by atomic mass is 9.80. The Morgan fingerprint density at radius 1 is 1.40 bits per heavy atom. The van der Waals surface area contributed by atoms with E-state index < -0.39 is 0 Å². The van der Waals surface area contributed by atoms with E-state index in [4.69, 9.17) is 0 Å². The third kappa shape index (κ3) is 2.78. The maximum absolute atomic E-state index is 4.63. The summed E-state index contributed by atoms with van der Waals surface area (Å²) in [5, 5.41) is 4.98. The molecule has 20 heavy (non-hydrogen) atoms. The van der Waals surface area contributed by atoms with E-state index in [-0.39, 0.29) is 0 Å². The molecule has 3 rings (SSSR count). The molecule has 3 unspecified atom stereocenters. The van der Waals surface area contributed by atoms with Gasteiger partial charge < -0.3 is 5.32 Å². The number of aromatic nitrogens is 1. The number of nitrogens with one attached hydrogen (secondary N) is 1. The summed E-state index contributed by atoms with van der Waals surface area (Å²) < 4.78 is 0. The van der Waals surface area contributed by atoms with Gasteiger partial charge in [0.05, 0.1) is 6.04 Å². The average Bonchev–Trinajstić information content (AvgIpc) is 2.84. The molecule has 3 nitrogen and oxygen atoms in total. The number of rotatable bonds is 4. The first kappa shape index (κ1) is 14.5. The van der Waals surface area contributed by atoms with Crippen molar-refractivity contribution >= 4 is 11.3 Å². The van der Waals surface area contributed by atoms with Crippen molar-refractivity contribution in [2.24, 2.45) is 0 Å². The predicted molar refractivity (Wildman–Crippen MR) is 85.2 cm³/mol. The number of nitrogens with zero attached hydrogens (tertiary/aromatic N) is 2. The molecule has 2 aliphatic rings. The highest BCUT2D eigenvalue weighted by Crippen LogP contribution is 2.40. The van der Waals surface area contributed by atoms with Gasteiger partial charge in [-0.2, -0.15) is 0 Å². The van der Waals surface area contributed by atoms with Gasteiger partial charge in [-0.1, -0.05) is 13.3 Å². The van der Waals surface area contributed by atoms with Crippen molar-refractivity contribution in [2.75, 3.05) is 6.54 Å². The first-order chi connectivity index (χ1) is 9.69. The van der Waals surface area contributed by atoms with Crippen LogP contribution in [0, 0.1) is 6.92 Å². The molecule has 1 N–H and O–H groups in total. The second-order valence-electron chi connectivity index (χ2n) is 6.40. The minimum atomic E-state index is 0.492. The zero-order valence-corrected chi connectivity index (χ0v) is 13.7. The van der Waals surface area contributed by atoms with E-state index >= 15 is 0 Å². The third-order valence-corrected chi connectivity index (χ3v) is 6.05. The number of fused-ring (bicyclic) bond motifs is 2. The van der Waals surface area contributed by atoms with Crippen LogP contribution in [0.3, 0.4) is 0 Å². The van der Waals surface area contributed by atoms with Crippen LogP contribution in [-0.2, 0) is 0 Å². The summed E-state index contributed by atoms with van der Waals surface area (Å²) in [6.45, 7) is 7.84. The second-order valence-corrected chi connectivity index (χ2v) is 7.66. The molecule has 112 valence electrons. The number of piperidine rings is 2. The molecule has 3 atom stereocenters. The van der Waals surface area contributed by atoms with E-state index in [1.54, 1.807) is 0 Å². The van der Waals surface area contributed by atoms with E-state index in [0.717, 1.165) is 24.7 Å². The highest BCUT2D eigenvalue weighted by Gasteiger charge is 2.41. The molecule has 2 fully saturated rings. The Hall–Kier alpha value is -0.450. The monoisotopic (exact) mass is 293 g/mol. The summed E-state index contributed by atoms with van der Waals surface area (Å²) in [5.41, 5.74) is 0. The van der Waals surface area contributed by atoms with Gasteiger partial charge in [0.15, 0.2) is 0 Å². The Morgan fingerprint density at radius 2 is 2.10 bits per heavy atom. The van der Waals surface area contributed by atoms with Crippen LogP contribution in [0.2, 0.25) is 0 Å². The van der Waals surface area contributed by atoms with E-state index in [0.29, 0.717) is 6.04 Å². The molecule has 3 heterocycles. The Balaban J connectivity index is 1.76. The largest absolute Gasteiger partial charge is 0.314 e. The van der Waals surface area contributed by atoms with Crippen molar-refractivity contribution in [1.82, 2.24) is 15.2 Å². The normalized spacial score (nSPS) is 32.2. The van der Waals surface area contributed by atoms with Gasteiger partial charge in [0, 0.05) is 29.2 Å². The number of thiazole rings is 1. The molecule has 2 aliphatic heterocycles. The van der Waals surface area contributed by atoms with Gasteiger partial charge in [0.1, 0.15) is 5.01 Å². The lowest BCUT2D eigenvalue weighted by molar-refractivity contribution is -0.00606. The Kier molecular flexibility index (Phi) is 4.43. The predicted octanol–water partition coefficient (Wildman–Crippen LogP) is 3.51. The minimum absolute atomic E-state index is 0.492. The quantitative estimate of drug-likeness (QED) is 0.921. The van der Waals surface area contributed by atoms with Crippen LogP contribution in [-0.4, -0.2) is 34.6 Å². The molecule has 0 saturated carbocycles. The van der Waals surface area contributed by atoms with Crippen molar-refractivity contribution in [3.05, 3.63) is 16.1 Å². The molecule has 2 saturated heterocycles. The molecule has 0 amide bonds. The maximum atomic E-state index is 4.63. The van der Waals surface area contributed by atoms with Gasteiger partial charge in [-0.15, -0.1) is 11.3 Å². The lowest BCUT2D eigenvalue weighted by Gasteiger charge is -2.51. The first-order valence-corrected chi connectivity index (χ1v) is 8.93. The zero-order chi connectivity index (χ0) is 14.1. The van der Waals surface area contributed by atoms with E-state index in [9.17, 15) is 0 Å². The van der Waals surface area contributed by atoms with Crippen LogP contribution in [0.15, 0.2) is 6.20 Å². The van der Waals surface area contributed by atoms with Gasteiger partial charge in [-0.05, 0) is 46.1 Å². The summed E-state index contributed by atoms with van der Waals surface area (Å²) in [6.07, 6.45) is 8.81. The summed E-state index contributed by atoms with van der Waals surface area (Å²) >= 11 is 1.87. The maximum Gasteiger partial charge on any atom is 0.110 e. The van der Waals surface area contributed by atoms with Gasteiger partial charge in [0.25, 0.3) is 0 Å². The van der Waals surface area contributed by atoms with E-state index in [1.807, 2.05) is 17.5 Å². The van der Waals surface area contributed by atoms with Crippen molar-refractivity contribution in [1.29, 1.82) is 0 Å². The standard InChI is InChI=1S/C16H27N3S/c1-4-17-13-8-14-6-5-7-15(9-13)19(14)12(3)16-18-10-11(2)20-16/h10,12-15,17H,4-9H2,1-3H3. The number of hydrogen-bond acceptors (Lipinski definition) is 4. The fourth-order valence-corrected chi connectivity index (χ4v) is 5.03. The smallest absolute Gasteiger partial charge is 0.110 e. The molecule has 0 radical (unpaired) electrons.